The summed E-state index contributed by atoms with van der Waals surface area (Å²) in [5.41, 5.74) is 2.89. The Hall–Kier alpha value is -2.10. The van der Waals surface area contributed by atoms with Crippen LogP contribution in [0.4, 0.5) is 5.69 Å². The number of aryl methyl sites for hydroxylation is 1. The summed E-state index contributed by atoms with van der Waals surface area (Å²) in [5, 5.41) is 4.16. The van der Waals surface area contributed by atoms with Crippen molar-refractivity contribution in [1.82, 2.24) is 9.78 Å². The number of nitrogens with zero attached hydrogens (tertiary/aromatic N) is 3. The van der Waals surface area contributed by atoms with Gasteiger partial charge in [0.1, 0.15) is 0 Å². The second-order valence-corrected chi connectivity index (χ2v) is 4.67. The molecule has 4 nitrogen and oxygen atoms in total. The standard InChI is InChI=1S/C15H19N3O/c1-4-15(19)13-7-5-6-8-14(13)17(2)10-12-9-16-18(3)11-12/h5-9,11H,4,10H2,1-3H3. The normalized spacial score (nSPS) is 10.5. The third-order valence-corrected chi connectivity index (χ3v) is 3.11. The van der Waals surface area contributed by atoms with Crippen molar-refractivity contribution in [3.8, 4) is 0 Å². The summed E-state index contributed by atoms with van der Waals surface area (Å²) in [6.07, 6.45) is 4.36. The van der Waals surface area contributed by atoms with Crippen molar-refractivity contribution >= 4 is 11.5 Å². The average molecular weight is 257 g/mol. The molecule has 0 saturated carbocycles. The quantitative estimate of drug-likeness (QED) is 0.773. The molecule has 100 valence electrons. The maximum atomic E-state index is 12.0. The molecule has 0 atom stereocenters. The van der Waals surface area contributed by atoms with E-state index in [1.807, 2.05) is 57.7 Å². The van der Waals surface area contributed by atoms with E-state index in [1.54, 1.807) is 4.68 Å². The largest absolute Gasteiger partial charge is 0.370 e. The fourth-order valence-corrected chi connectivity index (χ4v) is 2.15. The Balaban J connectivity index is 2.23. The molecular weight excluding hydrogens is 238 g/mol. The van der Waals surface area contributed by atoms with Crippen molar-refractivity contribution in [2.75, 3.05) is 11.9 Å². The van der Waals surface area contributed by atoms with E-state index in [0.717, 1.165) is 23.4 Å². The summed E-state index contributed by atoms with van der Waals surface area (Å²) >= 11 is 0. The lowest BCUT2D eigenvalue weighted by Gasteiger charge is -2.21. The molecule has 0 N–H and O–H groups in total. The van der Waals surface area contributed by atoms with Crippen molar-refractivity contribution in [3.63, 3.8) is 0 Å². The number of hydrogen-bond donors (Lipinski definition) is 0. The summed E-state index contributed by atoms with van der Waals surface area (Å²) in [6.45, 7) is 2.63. The molecule has 19 heavy (non-hydrogen) atoms. The van der Waals surface area contributed by atoms with Gasteiger partial charge in [-0.2, -0.15) is 5.10 Å². The smallest absolute Gasteiger partial charge is 0.164 e. The molecule has 0 unspecified atom stereocenters. The lowest BCUT2D eigenvalue weighted by molar-refractivity contribution is 0.0988. The lowest BCUT2D eigenvalue weighted by Crippen LogP contribution is -2.19. The Kier molecular flexibility index (Phi) is 4.00. The van der Waals surface area contributed by atoms with Gasteiger partial charge in [0.25, 0.3) is 0 Å². The van der Waals surface area contributed by atoms with Gasteiger partial charge in [0.15, 0.2) is 5.78 Å². The summed E-state index contributed by atoms with van der Waals surface area (Å²) in [5.74, 6) is 0.175. The minimum absolute atomic E-state index is 0.175. The third kappa shape index (κ3) is 3.02. The number of ketones is 1. The van der Waals surface area contributed by atoms with E-state index in [9.17, 15) is 4.79 Å². The van der Waals surface area contributed by atoms with Crippen molar-refractivity contribution in [1.29, 1.82) is 0 Å². The first-order valence-corrected chi connectivity index (χ1v) is 6.42. The summed E-state index contributed by atoms with van der Waals surface area (Å²) < 4.78 is 1.78. The highest BCUT2D eigenvalue weighted by Gasteiger charge is 2.12. The van der Waals surface area contributed by atoms with Crippen LogP contribution in [0.15, 0.2) is 36.7 Å². The van der Waals surface area contributed by atoms with Crippen LogP contribution in [0.1, 0.15) is 29.3 Å². The van der Waals surface area contributed by atoms with Crippen molar-refractivity contribution in [3.05, 3.63) is 47.8 Å². The SMILES string of the molecule is CCC(=O)c1ccccc1N(C)Cc1cnn(C)c1. The first-order chi connectivity index (χ1) is 9.11. The zero-order valence-electron chi connectivity index (χ0n) is 11.6. The number of aromatic nitrogens is 2. The second-order valence-electron chi connectivity index (χ2n) is 4.67. The van der Waals surface area contributed by atoms with Crippen LogP contribution in [0, 0.1) is 0 Å². The van der Waals surface area contributed by atoms with Gasteiger partial charge in [0.2, 0.25) is 0 Å². The molecular formula is C15H19N3O. The van der Waals surface area contributed by atoms with Crippen LogP contribution in [0.3, 0.4) is 0 Å². The fourth-order valence-electron chi connectivity index (χ4n) is 2.15. The van der Waals surface area contributed by atoms with Gasteiger partial charge in [-0.05, 0) is 12.1 Å². The van der Waals surface area contributed by atoms with Gasteiger partial charge in [-0.3, -0.25) is 9.48 Å². The third-order valence-electron chi connectivity index (χ3n) is 3.11. The number of anilines is 1. The average Bonchev–Trinajstić information content (AvgIpc) is 2.83. The molecule has 1 heterocycles. The highest BCUT2D eigenvalue weighted by atomic mass is 16.1. The fraction of sp³-hybridized carbons (Fsp3) is 0.333. The van der Waals surface area contributed by atoms with Gasteiger partial charge >= 0.3 is 0 Å². The summed E-state index contributed by atoms with van der Waals surface area (Å²) in [4.78, 5) is 14.0. The zero-order valence-corrected chi connectivity index (χ0v) is 11.6. The van der Waals surface area contributed by atoms with Crippen molar-refractivity contribution in [2.24, 2.45) is 7.05 Å². The van der Waals surface area contributed by atoms with Crippen LogP contribution in [0.2, 0.25) is 0 Å². The Morgan fingerprint density at radius 2 is 2.11 bits per heavy atom. The van der Waals surface area contributed by atoms with E-state index in [4.69, 9.17) is 0 Å². The van der Waals surface area contributed by atoms with Crippen LogP contribution < -0.4 is 4.90 Å². The first kappa shape index (κ1) is 13.3. The number of Topliss-reactive ketones (excluding diaryl/α,β-unsaturated/α-hetero) is 1. The van der Waals surface area contributed by atoms with Crippen LogP contribution in [-0.4, -0.2) is 22.6 Å². The van der Waals surface area contributed by atoms with E-state index >= 15 is 0 Å². The van der Waals surface area contributed by atoms with Crippen molar-refractivity contribution in [2.45, 2.75) is 19.9 Å². The van der Waals surface area contributed by atoms with Crippen LogP contribution in [-0.2, 0) is 13.6 Å². The first-order valence-electron chi connectivity index (χ1n) is 6.42. The summed E-state index contributed by atoms with van der Waals surface area (Å²) in [7, 11) is 3.90. The molecule has 0 amide bonds. The Morgan fingerprint density at radius 1 is 1.37 bits per heavy atom. The summed E-state index contributed by atoms with van der Waals surface area (Å²) in [6, 6.07) is 7.74. The number of rotatable bonds is 5. The zero-order chi connectivity index (χ0) is 13.8. The molecule has 0 aliphatic carbocycles. The Bertz CT molecular complexity index is 574. The number of carbonyl (C=O) groups is 1. The maximum Gasteiger partial charge on any atom is 0.164 e. The molecule has 0 bridgehead atoms. The number of para-hydroxylation sites is 1. The molecule has 0 spiro atoms. The number of carbonyl (C=O) groups excluding carboxylic acids is 1. The molecule has 0 fully saturated rings. The van der Waals surface area contributed by atoms with Gasteiger partial charge in [-0.25, -0.2) is 0 Å². The minimum atomic E-state index is 0.175. The Labute approximate surface area is 113 Å². The minimum Gasteiger partial charge on any atom is -0.370 e. The molecule has 0 saturated heterocycles. The molecule has 2 rings (SSSR count). The van der Waals surface area contributed by atoms with Crippen LogP contribution in [0.5, 0.6) is 0 Å². The number of hydrogen-bond acceptors (Lipinski definition) is 3. The molecule has 1 aromatic heterocycles. The van der Waals surface area contributed by atoms with Crippen LogP contribution in [0.25, 0.3) is 0 Å². The highest BCUT2D eigenvalue weighted by molar-refractivity contribution is 6.01. The predicted octanol–water partition coefficient (Wildman–Crippen LogP) is 2.65. The van der Waals surface area contributed by atoms with Crippen LogP contribution >= 0.6 is 0 Å². The van der Waals surface area contributed by atoms with E-state index < -0.39 is 0 Å². The molecule has 2 aromatic rings. The topological polar surface area (TPSA) is 38.1 Å². The molecule has 1 aromatic carbocycles. The van der Waals surface area contributed by atoms with Gasteiger partial charge in [0.05, 0.1) is 6.20 Å². The van der Waals surface area contributed by atoms with Crippen molar-refractivity contribution < 1.29 is 4.79 Å². The molecule has 0 radical (unpaired) electrons. The van der Waals surface area contributed by atoms with E-state index in [0.29, 0.717) is 6.42 Å². The molecule has 0 aliphatic heterocycles. The molecule has 4 heteroatoms. The lowest BCUT2D eigenvalue weighted by atomic mass is 10.1. The van der Waals surface area contributed by atoms with Gasteiger partial charge in [-0.15, -0.1) is 0 Å². The van der Waals surface area contributed by atoms with E-state index in [-0.39, 0.29) is 5.78 Å². The van der Waals surface area contributed by atoms with E-state index in [1.165, 1.54) is 0 Å². The Morgan fingerprint density at radius 3 is 2.74 bits per heavy atom. The van der Waals surface area contributed by atoms with E-state index in [2.05, 4.69) is 10.00 Å². The highest BCUT2D eigenvalue weighted by Crippen LogP contribution is 2.22. The monoisotopic (exact) mass is 257 g/mol. The maximum absolute atomic E-state index is 12.0. The van der Waals surface area contributed by atoms with Gasteiger partial charge in [0, 0.05) is 50.1 Å². The predicted molar refractivity (Wildman–Crippen MR) is 76.4 cm³/mol. The molecule has 0 aliphatic rings. The van der Waals surface area contributed by atoms with Gasteiger partial charge in [-0.1, -0.05) is 19.1 Å². The second kappa shape index (κ2) is 5.69. The number of benzene rings is 1. The van der Waals surface area contributed by atoms with Gasteiger partial charge < -0.3 is 4.90 Å².